The van der Waals surface area contributed by atoms with E-state index in [1.807, 2.05) is 6.20 Å². The van der Waals surface area contributed by atoms with E-state index in [2.05, 4.69) is 229 Å². The number of quaternary nitrogens is 2. The minimum absolute atomic E-state index is 0.0106. The maximum atomic E-state index is 7.09. The van der Waals surface area contributed by atoms with Crippen molar-refractivity contribution in [2.45, 2.75) is 126 Å². The molecule has 1 saturated heterocycles. The van der Waals surface area contributed by atoms with Crippen LogP contribution in [0.1, 0.15) is 140 Å². The fourth-order valence-corrected chi connectivity index (χ4v) is 10.6. The molecule has 0 radical (unpaired) electrons. The van der Waals surface area contributed by atoms with Crippen LogP contribution in [0.4, 0.5) is 22.7 Å². The zero-order chi connectivity index (χ0) is 46.8. The number of aryl methyl sites for hydroxylation is 2. The second-order valence-electron chi connectivity index (χ2n) is 22.3. The van der Waals surface area contributed by atoms with Crippen LogP contribution >= 0.6 is 0 Å². The summed E-state index contributed by atoms with van der Waals surface area (Å²) in [6, 6.07) is 45.7. The highest BCUT2D eigenvalue weighted by atomic mass is 16.5. The Morgan fingerprint density at radius 1 is 0.545 bits per heavy atom. The summed E-state index contributed by atoms with van der Waals surface area (Å²) in [5, 5.41) is 2.37. The molecule has 5 heteroatoms. The summed E-state index contributed by atoms with van der Waals surface area (Å²) in [5.74, 6) is 3.78. The van der Waals surface area contributed by atoms with E-state index >= 15 is 0 Å². The number of hydrogen-bond donors (Lipinski definition) is 0. The van der Waals surface area contributed by atoms with Crippen LogP contribution in [0.2, 0.25) is 0 Å². The molecule has 336 valence electrons. The third kappa shape index (κ3) is 6.75. The monoisotopic (exact) mass is 872 g/mol. The van der Waals surface area contributed by atoms with Gasteiger partial charge in [-0.3, -0.25) is 4.57 Å². The summed E-state index contributed by atoms with van der Waals surface area (Å²) < 4.78 is 10.6. The van der Waals surface area contributed by atoms with Crippen LogP contribution < -0.4 is 13.9 Å². The number of para-hydroxylation sites is 1. The van der Waals surface area contributed by atoms with E-state index in [1.54, 1.807) is 0 Å². The quantitative estimate of drug-likeness (QED) is 0.0821. The first-order valence-electron chi connectivity index (χ1n) is 24.1. The normalized spacial score (nSPS) is 18.0. The third-order valence-corrected chi connectivity index (χ3v) is 14.6. The second kappa shape index (κ2) is 15.3. The highest BCUT2D eigenvalue weighted by Crippen LogP contribution is 2.76. The number of rotatable bonds is 9. The maximum absolute atomic E-state index is 7.09. The molecule has 5 nitrogen and oxygen atoms in total. The number of ether oxygens (including phenoxy) is 1. The molecular weight excluding hydrogens is 805 g/mol. The standard InChI is InChI=1S/C61H67N4O/c1-37(2)43-29-52(38(3)4)59(53(30-43)39(5)6)42-18-17-19-46(28-42)64-36-65(64,57-27-41(8)40(7)26-56(57)64)47-31-45(61(12,13)14)32-49(34-47)66-48-22-23-51-50-20-15-16-21-54(50)63(55(51)35-48)58-33-44(24-25-62-58)60(9,10)11/h15-39H,1-14H3/q+1/t64-,65?/m0/s1. The van der Waals surface area contributed by atoms with E-state index < -0.39 is 0 Å². The van der Waals surface area contributed by atoms with Gasteiger partial charge >= 0.3 is 0 Å². The minimum atomic E-state index is -0.127. The zero-order valence-electron chi connectivity index (χ0n) is 41.6. The van der Waals surface area contributed by atoms with Crippen molar-refractivity contribution in [3.8, 4) is 28.4 Å². The molecular formula is C61H67N4O+. The van der Waals surface area contributed by atoms with Crippen LogP contribution in [-0.4, -0.2) is 9.55 Å². The molecule has 2 aliphatic heterocycles. The smallest absolute Gasteiger partial charge is 0.225 e. The van der Waals surface area contributed by atoms with E-state index in [1.165, 1.54) is 83.6 Å². The largest absolute Gasteiger partial charge is 0.457 e. The molecule has 0 N–H and O–H groups in total. The van der Waals surface area contributed by atoms with Gasteiger partial charge in [0.15, 0.2) is 18.0 Å². The Morgan fingerprint density at radius 3 is 1.82 bits per heavy atom. The summed E-state index contributed by atoms with van der Waals surface area (Å²) in [6.07, 6.45) is 1.94. The van der Waals surface area contributed by atoms with Gasteiger partial charge in [0.2, 0.25) is 11.4 Å². The molecule has 1 unspecified atom stereocenters. The Labute approximate surface area is 393 Å². The summed E-state index contributed by atoms with van der Waals surface area (Å²) in [6.45, 7) is 34.7. The Bertz CT molecular complexity index is 3210. The molecule has 1 fully saturated rings. The molecule has 0 aliphatic carbocycles. The SMILES string of the molecule is Cc1cc2c(cc1C)[N@@+]1(c3cccc(-c4c(C(C)C)cc(C(C)C)cc4C(C)C)c3)[CH-][N+]21c1cc(Oc2ccc3c4ccccc4n(-c4cc(C(C)(C)C)ccn4)c3c2)cc(C(C)(C)C)c1. The van der Waals surface area contributed by atoms with Crippen molar-refractivity contribution in [3.05, 3.63) is 173 Å². The van der Waals surface area contributed by atoms with E-state index in [4.69, 9.17) is 9.72 Å². The predicted octanol–water partition coefficient (Wildman–Crippen LogP) is 17.6. The van der Waals surface area contributed by atoms with Gasteiger partial charge in [0.1, 0.15) is 17.3 Å². The lowest BCUT2D eigenvalue weighted by Crippen LogP contribution is -2.46. The highest BCUT2D eigenvalue weighted by molar-refractivity contribution is 6.09. The van der Waals surface area contributed by atoms with E-state index in [0.29, 0.717) is 26.9 Å². The van der Waals surface area contributed by atoms with Gasteiger partial charge in [-0.05, 0) is 129 Å². The molecule has 6 aromatic carbocycles. The first-order valence-corrected chi connectivity index (χ1v) is 24.1. The molecule has 10 rings (SSSR count). The summed E-state index contributed by atoms with van der Waals surface area (Å²) >= 11 is 0. The van der Waals surface area contributed by atoms with Crippen LogP contribution in [0.25, 0.3) is 38.8 Å². The van der Waals surface area contributed by atoms with Crippen molar-refractivity contribution >= 4 is 44.6 Å². The average molecular weight is 872 g/mol. The molecule has 8 aromatic rings. The Balaban J connectivity index is 1.12. The van der Waals surface area contributed by atoms with Gasteiger partial charge in [0.05, 0.1) is 11.0 Å². The lowest BCUT2D eigenvalue weighted by Gasteiger charge is -2.41. The number of fused-ring (bicyclic) bond motifs is 7. The van der Waals surface area contributed by atoms with E-state index in [9.17, 15) is 0 Å². The zero-order valence-corrected chi connectivity index (χ0v) is 41.6. The molecule has 0 spiro atoms. The Hall–Kier alpha value is -6.01. The fourth-order valence-electron chi connectivity index (χ4n) is 10.6. The molecule has 0 amide bonds. The first kappa shape index (κ1) is 43.9. The molecule has 66 heavy (non-hydrogen) atoms. The van der Waals surface area contributed by atoms with Crippen LogP contribution in [0.5, 0.6) is 11.5 Å². The first-order chi connectivity index (χ1) is 31.2. The second-order valence-corrected chi connectivity index (χ2v) is 22.3. The maximum Gasteiger partial charge on any atom is 0.225 e. The highest BCUT2D eigenvalue weighted by Gasteiger charge is 2.78. The van der Waals surface area contributed by atoms with Crippen molar-refractivity contribution in [1.82, 2.24) is 18.7 Å². The van der Waals surface area contributed by atoms with Crippen LogP contribution in [0.15, 0.2) is 128 Å². The lowest BCUT2D eigenvalue weighted by atomic mass is 9.81. The van der Waals surface area contributed by atoms with Gasteiger partial charge in [-0.15, -0.1) is 0 Å². The topological polar surface area (TPSA) is 27.1 Å². The Morgan fingerprint density at radius 2 is 1.18 bits per heavy atom. The van der Waals surface area contributed by atoms with Crippen LogP contribution in [0.3, 0.4) is 0 Å². The lowest BCUT2D eigenvalue weighted by molar-refractivity contribution is 0.422. The molecule has 0 bridgehead atoms. The fraction of sp³-hybridized carbons (Fsp3) is 0.311. The van der Waals surface area contributed by atoms with Crippen LogP contribution in [-0.2, 0) is 10.8 Å². The number of aromatic nitrogens is 2. The number of pyridine rings is 1. The average Bonchev–Trinajstić information content (AvgIpc) is 3.78. The van der Waals surface area contributed by atoms with Gasteiger partial charge in [0, 0.05) is 59.4 Å². The molecule has 2 atom stereocenters. The van der Waals surface area contributed by atoms with Crippen molar-refractivity contribution in [1.29, 1.82) is 0 Å². The summed E-state index contributed by atoms with van der Waals surface area (Å²) in [7, 11) is 0. The molecule has 0 saturated carbocycles. The van der Waals surface area contributed by atoms with Gasteiger partial charge in [-0.1, -0.05) is 126 Å². The summed E-state index contributed by atoms with van der Waals surface area (Å²) in [4.78, 5) is 4.94. The van der Waals surface area contributed by atoms with E-state index in [-0.39, 0.29) is 10.8 Å². The molecule has 2 aromatic heterocycles. The Kier molecular flexibility index (Phi) is 10.1. The van der Waals surface area contributed by atoms with Crippen molar-refractivity contribution in [3.63, 3.8) is 0 Å². The van der Waals surface area contributed by atoms with Crippen molar-refractivity contribution < 1.29 is 4.74 Å². The predicted molar refractivity (Wildman–Crippen MR) is 280 cm³/mol. The van der Waals surface area contributed by atoms with Gasteiger partial charge in [-0.2, -0.15) is 9.18 Å². The van der Waals surface area contributed by atoms with Crippen molar-refractivity contribution in [2.75, 3.05) is 0 Å². The number of benzene rings is 6. The molecule has 2 aliphatic rings. The van der Waals surface area contributed by atoms with Crippen molar-refractivity contribution in [2.24, 2.45) is 0 Å². The van der Waals surface area contributed by atoms with Gasteiger partial charge in [-0.25, -0.2) is 4.98 Å². The summed E-state index contributed by atoms with van der Waals surface area (Å²) in [5.41, 5.74) is 19.3. The van der Waals surface area contributed by atoms with Gasteiger partial charge < -0.3 is 4.74 Å². The molecule has 4 heterocycles. The van der Waals surface area contributed by atoms with Crippen LogP contribution in [0, 0.1) is 20.5 Å². The number of hydrogen-bond acceptors (Lipinski definition) is 2. The van der Waals surface area contributed by atoms with E-state index in [0.717, 1.165) is 28.4 Å². The third-order valence-electron chi connectivity index (χ3n) is 14.6. The van der Waals surface area contributed by atoms with Gasteiger partial charge in [0.25, 0.3) is 0 Å². The number of nitrogens with zero attached hydrogens (tertiary/aromatic N) is 4. The minimum Gasteiger partial charge on any atom is -0.457 e.